The highest BCUT2D eigenvalue weighted by molar-refractivity contribution is 6.36. The molecular weight excluding hydrogens is 535 g/mol. The molecule has 1 fully saturated rings. The van der Waals surface area contributed by atoms with Gasteiger partial charge in [0.25, 0.3) is 5.91 Å². The molecule has 0 radical (unpaired) electrons. The number of benzene rings is 2. The van der Waals surface area contributed by atoms with Crippen LogP contribution in [0, 0.1) is 0 Å². The van der Waals surface area contributed by atoms with Gasteiger partial charge in [0.1, 0.15) is 11.6 Å². The van der Waals surface area contributed by atoms with Crippen molar-refractivity contribution in [2.24, 2.45) is 0 Å². The number of alkyl halides is 3. The first-order valence-corrected chi connectivity index (χ1v) is 12.6. The lowest BCUT2D eigenvalue weighted by molar-refractivity contribution is -0.917. The fourth-order valence-corrected chi connectivity index (χ4v) is 4.95. The first-order valence-electron chi connectivity index (χ1n) is 12.2. The van der Waals surface area contributed by atoms with E-state index in [1.807, 2.05) is 18.2 Å². The number of ether oxygens (including phenoxy) is 2. The van der Waals surface area contributed by atoms with Gasteiger partial charge in [0.2, 0.25) is 0 Å². The number of hydrogen-bond donors (Lipinski definition) is 1. The lowest BCUT2D eigenvalue weighted by Gasteiger charge is -2.31. The van der Waals surface area contributed by atoms with Crippen LogP contribution in [0.3, 0.4) is 0 Å². The fraction of sp³-hybridized carbons (Fsp3) is 0.296. The van der Waals surface area contributed by atoms with Crippen LogP contribution in [0.25, 0.3) is 16.9 Å². The molecule has 5 rings (SSSR count). The topological polar surface area (TPSA) is 73.4 Å². The number of methoxy groups -OCH3 is 2. The van der Waals surface area contributed by atoms with Gasteiger partial charge in [-0.1, -0.05) is 41.9 Å². The Labute approximate surface area is 227 Å². The summed E-state index contributed by atoms with van der Waals surface area (Å²) in [4.78, 5) is 20.6. The summed E-state index contributed by atoms with van der Waals surface area (Å²) in [5, 5.41) is 3.77. The van der Waals surface area contributed by atoms with Gasteiger partial charge in [-0.2, -0.15) is 18.3 Å². The van der Waals surface area contributed by atoms with Crippen LogP contribution in [0.4, 0.5) is 13.2 Å². The van der Waals surface area contributed by atoms with Gasteiger partial charge in [-0.05, 0) is 24.3 Å². The minimum Gasteiger partial charge on any atom is -0.493 e. The Kier molecular flexibility index (Phi) is 7.37. The van der Waals surface area contributed by atoms with Crippen LogP contribution in [-0.4, -0.2) is 65.8 Å². The first kappa shape index (κ1) is 26.8. The first-order chi connectivity index (χ1) is 18.7. The number of rotatable bonds is 6. The summed E-state index contributed by atoms with van der Waals surface area (Å²) >= 11 is 6.48. The maximum Gasteiger partial charge on any atom is 0.433 e. The second-order valence-electron chi connectivity index (χ2n) is 9.20. The molecule has 0 spiro atoms. The summed E-state index contributed by atoms with van der Waals surface area (Å²) in [7, 11) is 2.88. The third-order valence-corrected chi connectivity index (χ3v) is 7.11. The lowest BCUT2D eigenvalue weighted by Crippen LogP contribution is -3.13. The number of nitrogens with zero attached hydrogens (tertiary/aromatic N) is 4. The largest absolute Gasteiger partial charge is 0.493 e. The molecule has 204 valence electrons. The quantitative estimate of drug-likeness (QED) is 0.390. The lowest BCUT2D eigenvalue weighted by atomic mass is 10.1. The van der Waals surface area contributed by atoms with E-state index in [1.54, 1.807) is 17.0 Å². The highest BCUT2D eigenvalue weighted by atomic mass is 35.5. The number of carbonyl (C=O) groups excluding carboxylic acids is 1. The van der Waals surface area contributed by atoms with Gasteiger partial charge in [0.15, 0.2) is 28.5 Å². The Morgan fingerprint density at radius 3 is 2.36 bits per heavy atom. The smallest absolute Gasteiger partial charge is 0.433 e. The van der Waals surface area contributed by atoms with Gasteiger partial charge >= 0.3 is 6.18 Å². The van der Waals surface area contributed by atoms with Gasteiger partial charge < -0.3 is 19.3 Å². The Balaban J connectivity index is 1.45. The number of piperazine rings is 1. The normalized spacial score (nSPS) is 14.6. The SMILES string of the molecule is COc1ccc(-c2cc(C(F)(F)F)n3nc(C(=O)N4CC[NH+](Cc5ccccc5)CC4)c(Cl)c3n2)cc1OC. The minimum absolute atomic E-state index is 0.00490. The third kappa shape index (κ3) is 5.37. The molecule has 1 N–H and O–H groups in total. The average Bonchev–Trinajstić information content (AvgIpc) is 3.28. The summed E-state index contributed by atoms with van der Waals surface area (Å²) in [5.41, 5.74) is -0.0707. The maximum atomic E-state index is 14.1. The van der Waals surface area contributed by atoms with Crippen molar-refractivity contribution in [2.75, 3.05) is 40.4 Å². The van der Waals surface area contributed by atoms with Crippen LogP contribution in [0.2, 0.25) is 5.02 Å². The van der Waals surface area contributed by atoms with E-state index in [0.717, 1.165) is 12.6 Å². The minimum atomic E-state index is -4.78. The monoisotopic (exact) mass is 560 g/mol. The predicted molar refractivity (Wildman–Crippen MR) is 138 cm³/mol. The van der Waals surface area contributed by atoms with E-state index in [1.165, 1.54) is 30.7 Å². The molecule has 3 heterocycles. The molecule has 0 atom stereocenters. The van der Waals surface area contributed by atoms with E-state index < -0.39 is 17.8 Å². The summed E-state index contributed by atoms with van der Waals surface area (Å²) < 4.78 is 53.5. The van der Waals surface area contributed by atoms with E-state index in [0.29, 0.717) is 47.8 Å². The van der Waals surface area contributed by atoms with Gasteiger partial charge in [-0.25, -0.2) is 9.50 Å². The predicted octanol–water partition coefficient (Wildman–Crippen LogP) is 3.63. The van der Waals surface area contributed by atoms with Crippen molar-refractivity contribution < 1.29 is 32.3 Å². The number of quaternary nitrogens is 1. The van der Waals surface area contributed by atoms with Crippen molar-refractivity contribution in [3.8, 4) is 22.8 Å². The van der Waals surface area contributed by atoms with Crippen molar-refractivity contribution in [1.29, 1.82) is 0 Å². The average molecular weight is 561 g/mol. The van der Waals surface area contributed by atoms with Gasteiger partial charge in [-0.15, -0.1) is 0 Å². The van der Waals surface area contributed by atoms with Gasteiger partial charge in [0.05, 0.1) is 46.1 Å². The molecule has 1 aliphatic rings. The Morgan fingerprint density at radius 2 is 1.72 bits per heavy atom. The summed E-state index contributed by atoms with van der Waals surface area (Å²) in [6, 6.07) is 15.6. The number of fused-ring (bicyclic) bond motifs is 1. The standard InChI is InChI=1S/C27H25ClF3N5O3/c1-38-20-9-8-18(14-21(20)39-2)19-15-22(27(29,30)31)36-25(32-19)23(28)24(33-36)26(37)35-12-10-34(11-13-35)16-17-6-4-3-5-7-17/h3-9,14-15H,10-13,16H2,1-2H3/p+1. The van der Waals surface area contributed by atoms with Crippen molar-refractivity contribution in [2.45, 2.75) is 12.7 Å². The third-order valence-electron chi connectivity index (χ3n) is 6.76. The number of carbonyl (C=O) groups is 1. The number of aromatic nitrogens is 3. The zero-order chi connectivity index (χ0) is 27.7. The molecule has 2 aromatic heterocycles. The second kappa shape index (κ2) is 10.7. The number of amides is 1. The van der Waals surface area contributed by atoms with E-state index in [4.69, 9.17) is 21.1 Å². The van der Waals surface area contributed by atoms with Crippen LogP contribution in [-0.2, 0) is 12.7 Å². The summed E-state index contributed by atoms with van der Waals surface area (Å²) in [6.07, 6.45) is -4.78. The van der Waals surface area contributed by atoms with E-state index in [2.05, 4.69) is 22.2 Å². The Hall–Kier alpha value is -3.83. The molecular formula is C27H26ClF3N5O3+. The molecule has 0 saturated carbocycles. The highest BCUT2D eigenvalue weighted by Crippen LogP contribution is 2.37. The van der Waals surface area contributed by atoms with Gasteiger partial charge in [0, 0.05) is 11.1 Å². The maximum absolute atomic E-state index is 14.1. The zero-order valence-corrected chi connectivity index (χ0v) is 22.0. The van der Waals surface area contributed by atoms with Crippen LogP contribution >= 0.6 is 11.6 Å². The molecule has 0 unspecified atom stereocenters. The molecule has 1 aliphatic heterocycles. The van der Waals surface area contributed by atoms with Crippen LogP contribution in [0.5, 0.6) is 11.5 Å². The zero-order valence-electron chi connectivity index (χ0n) is 21.3. The highest BCUT2D eigenvalue weighted by Gasteiger charge is 2.37. The van der Waals surface area contributed by atoms with E-state index in [9.17, 15) is 18.0 Å². The number of halogens is 4. The molecule has 39 heavy (non-hydrogen) atoms. The molecule has 12 heteroatoms. The van der Waals surface area contributed by atoms with Gasteiger partial charge in [-0.3, -0.25) is 4.79 Å². The molecule has 1 amide bonds. The molecule has 2 aromatic carbocycles. The summed E-state index contributed by atoms with van der Waals surface area (Å²) in [5.74, 6) is 0.221. The van der Waals surface area contributed by atoms with Crippen LogP contribution < -0.4 is 14.4 Å². The van der Waals surface area contributed by atoms with Crippen molar-refractivity contribution in [1.82, 2.24) is 19.5 Å². The van der Waals surface area contributed by atoms with Crippen molar-refractivity contribution in [3.63, 3.8) is 0 Å². The second-order valence-corrected chi connectivity index (χ2v) is 9.57. The fourth-order valence-electron chi connectivity index (χ4n) is 4.71. The molecule has 1 saturated heterocycles. The Morgan fingerprint density at radius 1 is 1.03 bits per heavy atom. The van der Waals surface area contributed by atoms with Crippen molar-refractivity contribution in [3.05, 3.63) is 76.6 Å². The van der Waals surface area contributed by atoms with E-state index >= 15 is 0 Å². The number of hydrogen-bond acceptors (Lipinski definition) is 5. The van der Waals surface area contributed by atoms with Crippen LogP contribution in [0.15, 0.2) is 54.6 Å². The molecule has 8 nitrogen and oxygen atoms in total. The number of nitrogens with one attached hydrogen (secondary N) is 1. The van der Waals surface area contributed by atoms with E-state index in [-0.39, 0.29) is 22.1 Å². The van der Waals surface area contributed by atoms with Crippen molar-refractivity contribution >= 4 is 23.2 Å². The van der Waals surface area contributed by atoms with Crippen LogP contribution in [0.1, 0.15) is 21.7 Å². The molecule has 4 aromatic rings. The summed E-state index contributed by atoms with van der Waals surface area (Å²) in [6.45, 7) is 3.08. The molecule has 0 aliphatic carbocycles. The Bertz CT molecular complexity index is 1500. The molecule has 0 bridgehead atoms.